The first kappa shape index (κ1) is 14.5. The van der Waals surface area contributed by atoms with Crippen molar-refractivity contribution in [2.24, 2.45) is 0 Å². The number of rotatable bonds is 5. The predicted octanol–water partition coefficient (Wildman–Crippen LogP) is 2.63. The molecule has 0 aromatic carbocycles. The highest BCUT2D eigenvalue weighted by molar-refractivity contribution is 7.09. The average molecular weight is 281 g/mol. The molecule has 1 unspecified atom stereocenters. The molecule has 1 aliphatic rings. The number of amides is 1. The number of hydrogen-bond acceptors (Lipinski definition) is 4. The van der Waals surface area contributed by atoms with Crippen LogP contribution in [-0.4, -0.2) is 23.5 Å². The van der Waals surface area contributed by atoms with Crippen LogP contribution in [-0.2, 0) is 4.79 Å². The van der Waals surface area contributed by atoms with Gasteiger partial charge in [-0.2, -0.15) is 0 Å². The lowest BCUT2D eigenvalue weighted by atomic mass is 9.79. The molecule has 0 aliphatic heterocycles. The van der Waals surface area contributed by atoms with E-state index in [1.807, 2.05) is 19.4 Å². The highest BCUT2D eigenvalue weighted by atomic mass is 32.1. The first-order valence-corrected chi connectivity index (χ1v) is 7.91. The largest absolute Gasteiger partial charge is 0.347 e. The third-order valence-electron chi connectivity index (χ3n) is 4.04. The maximum absolute atomic E-state index is 12.2. The maximum atomic E-state index is 12.2. The molecular formula is C14H23N3OS. The molecule has 2 N–H and O–H groups in total. The molecule has 0 saturated heterocycles. The highest BCUT2D eigenvalue weighted by Crippen LogP contribution is 2.30. The lowest BCUT2D eigenvalue weighted by molar-refractivity contribution is -0.123. The van der Waals surface area contributed by atoms with Gasteiger partial charge in [0.2, 0.25) is 5.91 Å². The van der Waals surface area contributed by atoms with E-state index in [9.17, 15) is 4.79 Å². The molecule has 1 amide bonds. The fourth-order valence-corrected chi connectivity index (χ4v) is 3.50. The standard InChI is InChI=1S/C14H23N3OS/c1-11(13-16-8-9-19-13)17-12(18)10-14(15-2)6-4-3-5-7-14/h8-9,11,15H,3-7,10H2,1-2H3,(H,17,18). The first-order valence-electron chi connectivity index (χ1n) is 7.03. The Morgan fingerprint density at radius 1 is 1.47 bits per heavy atom. The van der Waals surface area contributed by atoms with Gasteiger partial charge in [-0.3, -0.25) is 4.79 Å². The van der Waals surface area contributed by atoms with Crippen LogP contribution in [0.2, 0.25) is 0 Å². The Balaban J connectivity index is 1.89. The lowest BCUT2D eigenvalue weighted by Crippen LogP contribution is -2.48. The molecule has 0 radical (unpaired) electrons. The minimum absolute atomic E-state index is 0.00463. The van der Waals surface area contributed by atoms with Crippen molar-refractivity contribution in [2.45, 2.75) is 57.0 Å². The number of thiazole rings is 1. The van der Waals surface area contributed by atoms with Crippen molar-refractivity contribution in [1.82, 2.24) is 15.6 Å². The maximum Gasteiger partial charge on any atom is 0.222 e. The van der Waals surface area contributed by atoms with Gasteiger partial charge in [0.05, 0.1) is 6.04 Å². The molecule has 4 nitrogen and oxygen atoms in total. The molecule has 1 aromatic rings. The minimum atomic E-state index is 0.00463. The molecule has 19 heavy (non-hydrogen) atoms. The summed E-state index contributed by atoms with van der Waals surface area (Å²) in [6.45, 7) is 1.99. The van der Waals surface area contributed by atoms with E-state index in [2.05, 4.69) is 15.6 Å². The van der Waals surface area contributed by atoms with Crippen LogP contribution in [0.3, 0.4) is 0 Å². The number of aromatic nitrogens is 1. The summed E-state index contributed by atoms with van der Waals surface area (Å²) in [6.07, 6.45) is 8.27. The second-order valence-electron chi connectivity index (χ2n) is 5.43. The van der Waals surface area contributed by atoms with Crippen molar-refractivity contribution >= 4 is 17.2 Å². The monoisotopic (exact) mass is 281 g/mol. The van der Waals surface area contributed by atoms with Crippen LogP contribution >= 0.6 is 11.3 Å². The molecule has 5 heteroatoms. The minimum Gasteiger partial charge on any atom is -0.347 e. The molecule has 1 atom stereocenters. The fourth-order valence-electron chi connectivity index (χ4n) is 2.85. The zero-order valence-electron chi connectivity index (χ0n) is 11.7. The summed E-state index contributed by atoms with van der Waals surface area (Å²) in [5, 5.41) is 9.35. The van der Waals surface area contributed by atoms with E-state index >= 15 is 0 Å². The summed E-state index contributed by atoms with van der Waals surface area (Å²) >= 11 is 1.58. The molecule has 0 spiro atoms. The molecule has 1 aliphatic carbocycles. The fraction of sp³-hybridized carbons (Fsp3) is 0.714. The van der Waals surface area contributed by atoms with Crippen molar-refractivity contribution in [2.75, 3.05) is 7.05 Å². The molecule has 1 aromatic heterocycles. The Hall–Kier alpha value is -0.940. The Labute approximate surface area is 119 Å². The molecule has 2 rings (SSSR count). The van der Waals surface area contributed by atoms with Gasteiger partial charge in [0.1, 0.15) is 5.01 Å². The van der Waals surface area contributed by atoms with Gasteiger partial charge in [-0.25, -0.2) is 4.98 Å². The number of carbonyl (C=O) groups is 1. The Kier molecular flexibility index (Phi) is 4.93. The van der Waals surface area contributed by atoms with Crippen LogP contribution in [0, 0.1) is 0 Å². The van der Waals surface area contributed by atoms with Crippen LogP contribution in [0.5, 0.6) is 0 Å². The van der Waals surface area contributed by atoms with E-state index in [1.54, 1.807) is 17.5 Å². The van der Waals surface area contributed by atoms with Gasteiger partial charge in [-0.1, -0.05) is 19.3 Å². The Morgan fingerprint density at radius 2 is 2.21 bits per heavy atom. The summed E-state index contributed by atoms with van der Waals surface area (Å²) < 4.78 is 0. The van der Waals surface area contributed by atoms with E-state index < -0.39 is 0 Å². The summed E-state index contributed by atoms with van der Waals surface area (Å²) in [7, 11) is 1.98. The lowest BCUT2D eigenvalue weighted by Gasteiger charge is -2.36. The van der Waals surface area contributed by atoms with Crippen molar-refractivity contribution in [3.8, 4) is 0 Å². The van der Waals surface area contributed by atoms with Gasteiger partial charge in [0.15, 0.2) is 0 Å². The van der Waals surface area contributed by atoms with Crippen molar-refractivity contribution < 1.29 is 4.79 Å². The van der Waals surface area contributed by atoms with E-state index in [4.69, 9.17) is 0 Å². The molecule has 1 heterocycles. The second-order valence-corrected chi connectivity index (χ2v) is 6.35. The molecule has 0 bridgehead atoms. The van der Waals surface area contributed by atoms with Gasteiger partial charge in [-0.15, -0.1) is 11.3 Å². The normalized spacial score (nSPS) is 19.9. The van der Waals surface area contributed by atoms with Crippen LogP contribution in [0.4, 0.5) is 0 Å². The number of hydrogen-bond donors (Lipinski definition) is 2. The number of nitrogens with one attached hydrogen (secondary N) is 2. The van der Waals surface area contributed by atoms with Gasteiger partial charge < -0.3 is 10.6 Å². The van der Waals surface area contributed by atoms with Gasteiger partial charge in [0, 0.05) is 23.5 Å². The van der Waals surface area contributed by atoms with Crippen LogP contribution in [0.1, 0.15) is 56.5 Å². The van der Waals surface area contributed by atoms with Crippen LogP contribution in [0.15, 0.2) is 11.6 Å². The van der Waals surface area contributed by atoms with Gasteiger partial charge >= 0.3 is 0 Å². The summed E-state index contributed by atoms with van der Waals surface area (Å²) in [5.41, 5.74) is 0.00489. The average Bonchev–Trinajstić information content (AvgIpc) is 2.93. The van der Waals surface area contributed by atoms with Crippen molar-refractivity contribution in [3.63, 3.8) is 0 Å². The van der Waals surface area contributed by atoms with Crippen LogP contribution < -0.4 is 10.6 Å². The topological polar surface area (TPSA) is 54.0 Å². The molecule has 106 valence electrons. The number of nitrogens with zero attached hydrogens (tertiary/aromatic N) is 1. The van der Waals surface area contributed by atoms with Crippen LogP contribution in [0.25, 0.3) is 0 Å². The van der Waals surface area contributed by atoms with E-state index in [1.165, 1.54) is 19.3 Å². The molecule has 1 fully saturated rings. The Bertz CT molecular complexity index is 399. The first-order chi connectivity index (χ1) is 9.15. The third-order valence-corrected chi connectivity index (χ3v) is 5.00. The zero-order chi connectivity index (χ0) is 13.7. The summed E-state index contributed by atoms with van der Waals surface area (Å²) in [4.78, 5) is 16.4. The van der Waals surface area contributed by atoms with E-state index in [0.717, 1.165) is 17.8 Å². The van der Waals surface area contributed by atoms with E-state index in [0.29, 0.717) is 6.42 Å². The summed E-state index contributed by atoms with van der Waals surface area (Å²) in [6, 6.07) is 0.00463. The molecule has 1 saturated carbocycles. The zero-order valence-corrected chi connectivity index (χ0v) is 12.6. The van der Waals surface area contributed by atoms with Gasteiger partial charge in [0.25, 0.3) is 0 Å². The summed E-state index contributed by atoms with van der Waals surface area (Å²) in [5.74, 6) is 0.124. The smallest absolute Gasteiger partial charge is 0.222 e. The van der Waals surface area contributed by atoms with Crippen molar-refractivity contribution in [1.29, 1.82) is 0 Å². The van der Waals surface area contributed by atoms with Crippen molar-refractivity contribution in [3.05, 3.63) is 16.6 Å². The number of carbonyl (C=O) groups excluding carboxylic acids is 1. The SMILES string of the molecule is CNC1(CC(=O)NC(C)c2nccs2)CCCCC1. The molecular weight excluding hydrogens is 258 g/mol. The quantitative estimate of drug-likeness (QED) is 0.872. The highest BCUT2D eigenvalue weighted by Gasteiger charge is 2.32. The Morgan fingerprint density at radius 3 is 2.79 bits per heavy atom. The second kappa shape index (κ2) is 6.48. The van der Waals surface area contributed by atoms with E-state index in [-0.39, 0.29) is 17.5 Å². The van der Waals surface area contributed by atoms with Gasteiger partial charge in [-0.05, 0) is 26.8 Å². The predicted molar refractivity (Wildman–Crippen MR) is 78.2 cm³/mol. The third kappa shape index (κ3) is 3.76.